The Labute approximate surface area is 194 Å². The summed E-state index contributed by atoms with van der Waals surface area (Å²) in [5.41, 5.74) is 12.4. The Bertz CT molecular complexity index is 2160. The highest BCUT2D eigenvalue weighted by Gasteiger charge is 2.22. The summed E-state index contributed by atoms with van der Waals surface area (Å²) in [6, 6.07) is 16.4. The number of aromatic amines is 1. The molecule has 7 rings (SSSR count). The van der Waals surface area contributed by atoms with E-state index in [4.69, 9.17) is 11.5 Å². The lowest BCUT2D eigenvalue weighted by molar-refractivity contribution is 1.56. The standard InChI is InChI=1S/C28H15N3O4/c29-17-9-15-16-10-18(30)20-22(28(35)14-8-4-2-6-12(14)26(20)33)24(16)31-23(15)21-19(17)25(32)11-5-1-3-7-13(11)27(21)34/h1-10,31H,29-30H2. The Hall–Kier alpha value is -5.04. The van der Waals surface area contributed by atoms with Gasteiger partial charge in [-0.05, 0) is 12.1 Å². The highest BCUT2D eigenvalue weighted by molar-refractivity contribution is 6.27. The minimum Gasteiger partial charge on any atom is -0.398 e. The van der Waals surface area contributed by atoms with Gasteiger partial charge in [-0.1, -0.05) is 48.5 Å². The molecule has 0 atom stereocenters. The quantitative estimate of drug-likeness (QED) is 0.236. The van der Waals surface area contributed by atoms with E-state index in [1.54, 1.807) is 60.7 Å². The van der Waals surface area contributed by atoms with Gasteiger partial charge in [0.05, 0.1) is 32.6 Å². The first kappa shape index (κ1) is 19.4. The third-order valence-corrected chi connectivity index (χ3v) is 7.00. The van der Waals surface area contributed by atoms with Gasteiger partial charge in [0.2, 0.25) is 0 Å². The average Bonchev–Trinajstić information content (AvgIpc) is 3.22. The van der Waals surface area contributed by atoms with Gasteiger partial charge in [0.15, 0.2) is 21.7 Å². The minimum atomic E-state index is -0.339. The van der Waals surface area contributed by atoms with Crippen molar-refractivity contribution in [2.45, 2.75) is 0 Å². The lowest BCUT2D eigenvalue weighted by Crippen LogP contribution is -2.15. The summed E-state index contributed by atoms with van der Waals surface area (Å²) in [5.74, 6) is 0. The predicted molar refractivity (Wildman–Crippen MR) is 142 cm³/mol. The molecule has 5 N–H and O–H groups in total. The molecular formula is C28H15N3O4. The number of nitrogens with one attached hydrogen (secondary N) is 1. The molecule has 1 heterocycles. The van der Waals surface area contributed by atoms with Crippen molar-refractivity contribution in [2.75, 3.05) is 11.5 Å². The fraction of sp³-hybridized carbons (Fsp3) is 0. The highest BCUT2D eigenvalue weighted by Crippen LogP contribution is 2.37. The van der Waals surface area contributed by atoms with Crippen LogP contribution in [0.5, 0.6) is 0 Å². The number of H-pyrrole nitrogens is 1. The van der Waals surface area contributed by atoms with E-state index in [-0.39, 0.29) is 65.4 Å². The second kappa shape index (κ2) is 6.30. The predicted octanol–water partition coefficient (Wildman–Crippen LogP) is 3.41. The van der Waals surface area contributed by atoms with E-state index in [0.717, 1.165) is 0 Å². The first-order valence-electron chi connectivity index (χ1n) is 11.0. The van der Waals surface area contributed by atoms with Gasteiger partial charge in [-0.3, -0.25) is 19.2 Å². The summed E-state index contributed by atoms with van der Waals surface area (Å²) < 4.78 is 0. The zero-order chi connectivity index (χ0) is 24.2. The second-order valence-electron chi connectivity index (χ2n) is 8.81. The normalized spacial score (nSPS) is 12.1. The number of benzene rings is 6. The van der Waals surface area contributed by atoms with Crippen LogP contribution in [0.1, 0.15) is 0 Å². The summed E-state index contributed by atoms with van der Waals surface area (Å²) in [7, 11) is 0. The fourth-order valence-corrected chi connectivity index (χ4v) is 5.46. The van der Waals surface area contributed by atoms with Crippen molar-refractivity contribution in [1.82, 2.24) is 4.98 Å². The molecule has 7 aromatic rings. The van der Waals surface area contributed by atoms with E-state index in [0.29, 0.717) is 32.6 Å². The van der Waals surface area contributed by atoms with Crippen LogP contribution in [0.2, 0.25) is 0 Å². The summed E-state index contributed by atoms with van der Waals surface area (Å²) in [6.07, 6.45) is 0. The SMILES string of the molecule is Nc1cc2c3cc(N)c4c(=O)c5ccccc5c(=O)c4c3[nH]c2c2c(=O)c3ccccc3c(=O)c12. The van der Waals surface area contributed by atoms with Crippen LogP contribution in [0.4, 0.5) is 11.4 Å². The minimum absolute atomic E-state index is 0.127. The van der Waals surface area contributed by atoms with Crippen LogP contribution in [0.25, 0.3) is 64.9 Å². The number of aromatic nitrogens is 1. The van der Waals surface area contributed by atoms with Crippen LogP contribution in [0, 0.1) is 0 Å². The Morgan fingerprint density at radius 2 is 0.771 bits per heavy atom. The molecule has 0 saturated carbocycles. The van der Waals surface area contributed by atoms with Crippen LogP contribution < -0.4 is 33.2 Å². The van der Waals surface area contributed by atoms with Crippen molar-refractivity contribution < 1.29 is 0 Å². The number of hydrogen-bond donors (Lipinski definition) is 3. The molecule has 1 aromatic heterocycles. The molecule has 0 fully saturated rings. The Kier molecular flexibility index (Phi) is 3.50. The van der Waals surface area contributed by atoms with Crippen molar-refractivity contribution in [3.05, 3.63) is 102 Å². The van der Waals surface area contributed by atoms with Crippen LogP contribution in [0.3, 0.4) is 0 Å². The third-order valence-electron chi connectivity index (χ3n) is 7.00. The van der Waals surface area contributed by atoms with Gasteiger partial charge in [0.25, 0.3) is 0 Å². The number of rotatable bonds is 0. The molecule has 0 amide bonds. The largest absolute Gasteiger partial charge is 0.398 e. The molecular weight excluding hydrogens is 442 g/mol. The lowest BCUT2D eigenvalue weighted by atomic mass is 9.96. The molecule has 0 bridgehead atoms. The molecule has 7 heteroatoms. The van der Waals surface area contributed by atoms with Crippen LogP contribution in [-0.4, -0.2) is 4.98 Å². The maximum atomic E-state index is 13.6. The van der Waals surface area contributed by atoms with Gasteiger partial charge in [-0.2, -0.15) is 0 Å². The maximum Gasteiger partial charge on any atom is 0.196 e. The molecule has 7 nitrogen and oxygen atoms in total. The van der Waals surface area contributed by atoms with Gasteiger partial charge < -0.3 is 16.5 Å². The Balaban J connectivity index is 1.83. The third kappa shape index (κ3) is 2.24. The fourth-order valence-electron chi connectivity index (χ4n) is 5.46. The second-order valence-corrected chi connectivity index (χ2v) is 8.81. The van der Waals surface area contributed by atoms with Gasteiger partial charge in [0.1, 0.15) is 0 Å². The molecule has 0 radical (unpaired) electrons. The molecule has 0 aliphatic carbocycles. The number of fused-ring (bicyclic) bond motifs is 9. The van der Waals surface area contributed by atoms with E-state index in [9.17, 15) is 19.2 Å². The van der Waals surface area contributed by atoms with E-state index in [1.807, 2.05) is 0 Å². The Morgan fingerprint density at radius 3 is 1.11 bits per heavy atom. The number of hydrogen-bond acceptors (Lipinski definition) is 6. The summed E-state index contributed by atoms with van der Waals surface area (Å²) >= 11 is 0. The van der Waals surface area contributed by atoms with Crippen LogP contribution in [0.15, 0.2) is 79.8 Å². The van der Waals surface area contributed by atoms with Crippen molar-refractivity contribution in [2.24, 2.45) is 0 Å². The van der Waals surface area contributed by atoms with Gasteiger partial charge in [-0.25, -0.2) is 0 Å². The first-order valence-corrected chi connectivity index (χ1v) is 11.0. The van der Waals surface area contributed by atoms with E-state index >= 15 is 0 Å². The maximum absolute atomic E-state index is 13.6. The number of nitrogens with two attached hydrogens (primary N) is 2. The van der Waals surface area contributed by atoms with Gasteiger partial charge >= 0.3 is 0 Å². The molecule has 0 spiro atoms. The van der Waals surface area contributed by atoms with E-state index in [2.05, 4.69) is 4.98 Å². The van der Waals surface area contributed by atoms with E-state index < -0.39 is 0 Å². The van der Waals surface area contributed by atoms with E-state index in [1.165, 1.54) is 0 Å². The first-order chi connectivity index (χ1) is 16.9. The monoisotopic (exact) mass is 457 g/mol. The van der Waals surface area contributed by atoms with Crippen LogP contribution >= 0.6 is 0 Å². The molecule has 166 valence electrons. The Morgan fingerprint density at radius 1 is 0.457 bits per heavy atom. The number of nitrogen functional groups attached to an aromatic ring is 2. The summed E-state index contributed by atoms with van der Waals surface area (Å²) in [6.45, 7) is 0. The molecule has 0 aliphatic heterocycles. The highest BCUT2D eigenvalue weighted by atomic mass is 16.1. The molecule has 0 saturated heterocycles. The average molecular weight is 457 g/mol. The molecule has 35 heavy (non-hydrogen) atoms. The molecule has 0 unspecified atom stereocenters. The van der Waals surface area contributed by atoms with Crippen molar-refractivity contribution in [1.29, 1.82) is 0 Å². The summed E-state index contributed by atoms with van der Waals surface area (Å²) in [5, 5.41) is 2.83. The summed E-state index contributed by atoms with van der Waals surface area (Å²) in [4.78, 5) is 56.9. The van der Waals surface area contributed by atoms with Gasteiger partial charge in [-0.15, -0.1) is 0 Å². The topological polar surface area (TPSA) is 136 Å². The lowest BCUT2D eigenvalue weighted by Gasteiger charge is -2.06. The van der Waals surface area contributed by atoms with Gasteiger partial charge in [0, 0.05) is 43.7 Å². The van der Waals surface area contributed by atoms with Crippen molar-refractivity contribution >= 4 is 76.3 Å². The zero-order valence-electron chi connectivity index (χ0n) is 18.1. The van der Waals surface area contributed by atoms with Crippen molar-refractivity contribution in [3.8, 4) is 0 Å². The zero-order valence-corrected chi connectivity index (χ0v) is 18.1. The molecule has 0 aliphatic rings. The van der Waals surface area contributed by atoms with Crippen molar-refractivity contribution in [3.63, 3.8) is 0 Å². The van der Waals surface area contributed by atoms with Crippen LogP contribution in [-0.2, 0) is 0 Å². The molecule has 6 aromatic carbocycles. The number of anilines is 2. The smallest absolute Gasteiger partial charge is 0.196 e.